The first-order chi connectivity index (χ1) is 10.8. The van der Waals surface area contributed by atoms with E-state index in [0.29, 0.717) is 24.5 Å². The van der Waals surface area contributed by atoms with Crippen molar-refractivity contribution in [2.45, 2.75) is 38.4 Å². The van der Waals surface area contributed by atoms with Crippen molar-refractivity contribution < 1.29 is 13.2 Å². The quantitative estimate of drug-likeness (QED) is 0.814. The number of rotatable bonds is 5. The van der Waals surface area contributed by atoms with Gasteiger partial charge in [0.05, 0.1) is 17.4 Å². The summed E-state index contributed by atoms with van der Waals surface area (Å²) in [5.74, 6) is 0.483. The van der Waals surface area contributed by atoms with Crippen molar-refractivity contribution in [2.75, 3.05) is 18.8 Å². The van der Waals surface area contributed by atoms with Gasteiger partial charge in [0.15, 0.2) is 9.84 Å². The number of nitrogens with zero attached hydrogens (tertiary/aromatic N) is 1. The number of halogens is 1. The largest absolute Gasteiger partial charge is 0.342 e. The van der Waals surface area contributed by atoms with Crippen molar-refractivity contribution in [3.63, 3.8) is 0 Å². The summed E-state index contributed by atoms with van der Waals surface area (Å²) in [6.45, 7) is 4.72. The fourth-order valence-electron chi connectivity index (χ4n) is 2.80. The molecule has 6 heteroatoms. The number of piperidine rings is 1. The van der Waals surface area contributed by atoms with Gasteiger partial charge in [0.25, 0.3) is 0 Å². The van der Waals surface area contributed by atoms with Gasteiger partial charge >= 0.3 is 0 Å². The van der Waals surface area contributed by atoms with Crippen molar-refractivity contribution in [1.82, 2.24) is 4.90 Å². The lowest BCUT2D eigenvalue weighted by molar-refractivity contribution is -0.131. The van der Waals surface area contributed by atoms with Crippen LogP contribution in [-0.4, -0.2) is 43.3 Å². The first-order valence-corrected chi connectivity index (χ1v) is 10.1. The second-order valence-electron chi connectivity index (χ2n) is 6.51. The molecule has 0 atom stereocenters. The lowest BCUT2D eigenvalue weighted by Crippen LogP contribution is -2.41. The molecule has 0 aliphatic carbocycles. The molecule has 0 N–H and O–H groups in total. The normalized spacial score (nSPS) is 16.8. The van der Waals surface area contributed by atoms with Crippen LogP contribution >= 0.6 is 11.6 Å². The highest BCUT2D eigenvalue weighted by Gasteiger charge is 2.27. The van der Waals surface area contributed by atoms with Crippen LogP contribution in [0, 0.1) is 5.92 Å². The fourth-order valence-corrected chi connectivity index (χ4v) is 4.39. The van der Waals surface area contributed by atoms with Crippen LogP contribution in [0.25, 0.3) is 0 Å². The average Bonchev–Trinajstić information content (AvgIpc) is 2.47. The Morgan fingerprint density at radius 3 is 2.52 bits per heavy atom. The van der Waals surface area contributed by atoms with Crippen LogP contribution in [0.1, 0.15) is 32.3 Å². The summed E-state index contributed by atoms with van der Waals surface area (Å²) in [7, 11) is -3.01. The molecule has 0 bridgehead atoms. The lowest BCUT2D eigenvalue weighted by Gasteiger charge is -2.32. The number of likely N-dealkylation sites (tertiary alicyclic amines) is 1. The van der Waals surface area contributed by atoms with E-state index < -0.39 is 9.84 Å². The summed E-state index contributed by atoms with van der Waals surface area (Å²) in [5.41, 5.74) is 0.909. The Balaban J connectivity index is 1.85. The molecule has 1 aliphatic heterocycles. The molecule has 1 heterocycles. The van der Waals surface area contributed by atoms with Gasteiger partial charge in [-0.2, -0.15) is 0 Å². The Hall–Kier alpha value is -1.07. The summed E-state index contributed by atoms with van der Waals surface area (Å²) in [6.07, 6.45) is 1.86. The second kappa shape index (κ2) is 7.67. The third kappa shape index (κ3) is 5.21. The number of hydrogen-bond donors (Lipinski definition) is 0. The van der Waals surface area contributed by atoms with Crippen molar-refractivity contribution in [3.05, 3.63) is 34.9 Å². The van der Waals surface area contributed by atoms with Crippen LogP contribution in [-0.2, 0) is 21.1 Å². The highest BCUT2D eigenvalue weighted by atomic mass is 35.5. The molecule has 23 heavy (non-hydrogen) atoms. The predicted molar refractivity (Wildman–Crippen MR) is 93.4 cm³/mol. The standard InChI is InChI=1S/C17H24ClNO3S/c1-13(2)23(21,22)12-14-6-8-19(9-7-14)17(20)11-15-4-3-5-16(18)10-15/h3-5,10,13-14H,6-9,11-12H2,1-2H3. The zero-order valence-electron chi connectivity index (χ0n) is 13.7. The molecule has 0 unspecified atom stereocenters. The Kier molecular flexibility index (Phi) is 6.09. The molecule has 1 aromatic carbocycles. The molecule has 1 aromatic rings. The first-order valence-electron chi connectivity index (χ1n) is 8.01. The van der Waals surface area contributed by atoms with Crippen molar-refractivity contribution >= 4 is 27.3 Å². The monoisotopic (exact) mass is 357 g/mol. The molecule has 0 spiro atoms. The Bertz CT molecular complexity index is 650. The molecule has 0 aromatic heterocycles. The van der Waals surface area contributed by atoms with Crippen LogP contribution in [0.2, 0.25) is 5.02 Å². The summed E-state index contributed by atoms with van der Waals surface area (Å²) in [6, 6.07) is 7.33. The van der Waals surface area contributed by atoms with E-state index in [9.17, 15) is 13.2 Å². The Labute approximate surface area is 143 Å². The Morgan fingerprint density at radius 1 is 1.30 bits per heavy atom. The second-order valence-corrected chi connectivity index (χ2v) is 9.55. The molecular formula is C17H24ClNO3S. The zero-order chi connectivity index (χ0) is 17.0. The summed E-state index contributed by atoms with van der Waals surface area (Å²) >= 11 is 5.94. The van der Waals surface area contributed by atoms with Crippen LogP contribution in [0.4, 0.5) is 0 Å². The van der Waals surface area contributed by atoms with Crippen LogP contribution in [0.3, 0.4) is 0 Å². The van der Waals surface area contributed by atoms with Gasteiger partial charge in [-0.1, -0.05) is 23.7 Å². The maximum absolute atomic E-state index is 12.3. The highest BCUT2D eigenvalue weighted by Crippen LogP contribution is 2.21. The predicted octanol–water partition coefficient (Wildman–Crippen LogP) is 2.94. The van der Waals surface area contributed by atoms with Crippen LogP contribution < -0.4 is 0 Å². The molecule has 2 rings (SSSR count). The lowest BCUT2D eigenvalue weighted by atomic mass is 9.98. The molecule has 4 nitrogen and oxygen atoms in total. The number of hydrogen-bond acceptors (Lipinski definition) is 3. The van der Waals surface area contributed by atoms with E-state index in [1.54, 1.807) is 26.0 Å². The van der Waals surface area contributed by atoms with Crippen molar-refractivity contribution in [3.8, 4) is 0 Å². The number of sulfone groups is 1. The molecule has 128 valence electrons. The van der Waals surface area contributed by atoms with E-state index in [0.717, 1.165) is 18.4 Å². The number of carbonyl (C=O) groups is 1. The molecule has 1 saturated heterocycles. The van der Waals surface area contributed by atoms with Crippen LogP contribution in [0.5, 0.6) is 0 Å². The van der Waals surface area contributed by atoms with Gasteiger partial charge in [-0.05, 0) is 50.3 Å². The van der Waals surface area contributed by atoms with E-state index in [1.165, 1.54) is 0 Å². The number of amides is 1. The number of carbonyl (C=O) groups excluding carboxylic acids is 1. The third-order valence-corrected chi connectivity index (χ3v) is 7.01. The molecule has 0 saturated carbocycles. The average molecular weight is 358 g/mol. The van der Waals surface area contributed by atoms with Gasteiger partial charge in [-0.15, -0.1) is 0 Å². The highest BCUT2D eigenvalue weighted by molar-refractivity contribution is 7.91. The van der Waals surface area contributed by atoms with Gasteiger partial charge in [0, 0.05) is 18.1 Å². The topological polar surface area (TPSA) is 54.5 Å². The summed E-state index contributed by atoms with van der Waals surface area (Å²) in [5, 5.41) is 0.304. The Morgan fingerprint density at radius 2 is 1.96 bits per heavy atom. The van der Waals surface area contributed by atoms with E-state index >= 15 is 0 Å². The van der Waals surface area contributed by atoms with Crippen LogP contribution in [0.15, 0.2) is 24.3 Å². The molecular weight excluding hydrogens is 334 g/mol. The fraction of sp³-hybridized carbons (Fsp3) is 0.588. The van der Waals surface area contributed by atoms with Gasteiger partial charge in [0.2, 0.25) is 5.91 Å². The summed E-state index contributed by atoms with van der Waals surface area (Å²) in [4.78, 5) is 14.2. The number of benzene rings is 1. The van der Waals surface area contributed by atoms with Gasteiger partial charge < -0.3 is 4.90 Å². The first kappa shape index (κ1) is 18.3. The third-order valence-electron chi connectivity index (χ3n) is 4.40. The smallest absolute Gasteiger partial charge is 0.226 e. The van der Waals surface area contributed by atoms with E-state index in [2.05, 4.69) is 0 Å². The van der Waals surface area contributed by atoms with Gasteiger partial charge in [-0.25, -0.2) is 8.42 Å². The minimum absolute atomic E-state index is 0.0810. The van der Waals surface area contributed by atoms with Gasteiger partial charge in [0.1, 0.15) is 0 Å². The minimum atomic E-state index is -3.01. The SMILES string of the molecule is CC(C)S(=O)(=O)CC1CCN(C(=O)Cc2cccc(Cl)c2)CC1. The maximum Gasteiger partial charge on any atom is 0.226 e. The van der Waals surface area contributed by atoms with Crippen molar-refractivity contribution in [2.24, 2.45) is 5.92 Å². The minimum Gasteiger partial charge on any atom is -0.342 e. The molecule has 1 amide bonds. The maximum atomic E-state index is 12.3. The van der Waals surface area contributed by atoms with E-state index in [1.807, 2.05) is 17.0 Å². The van der Waals surface area contributed by atoms with E-state index in [-0.39, 0.29) is 22.8 Å². The van der Waals surface area contributed by atoms with E-state index in [4.69, 9.17) is 11.6 Å². The molecule has 1 aliphatic rings. The van der Waals surface area contributed by atoms with Crippen molar-refractivity contribution in [1.29, 1.82) is 0 Å². The zero-order valence-corrected chi connectivity index (χ0v) is 15.2. The van der Waals surface area contributed by atoms with Gasteiger partial charge in [-0.3, -0.25) is 4.79 Å². The summed E-state index contributed by atoms with van der Waals surface area (Å²) < 4.78 is 24.0. The molecule has 0 radical (unpaired) electrons. The molecule has 1 fully saturated rings.